The fourth-order valence-corrected chi connectivity index (χ4v) is 0. The van der Waals surface area contributed by atoms with Crippen molar-refractivity contribution < 1.29 is 0 Å². The summed E-state index contributed by atoms with van der Waals surface area (Å²) in [5, 5.41) is 0. The van der Waals surface area contributed by atoms with Gasteiger partial charge in [0.25, 0.3) is 0 Å². The van der Waals surface area contributed by atoms with Crippen molar-refractivity contribution in [1.82, 2.24) is 0 Å². The van der Waals surface area contributed by atoms with Gasteiger partial charge in [0.2, 0.25) is 0 Å². The molecule has 0 saturated heterocycles. The first-order valence-electron chi connectivity index (χ1n) is 0. The van der Waals surface area contributed by atoms with Crippen LogP contribution < -0.4 is 0 Å². The minimum atomic E-state index is 0. The quantitative estimate of drug-likeness (QED) is 0.367. The van der Waals surface area contributed by atoms with E-state index in [0.29, 0.717) is 0 Å². The van der Waals surface area contributed by atoms with Gasteiger partial charge in [0.1, 0.15) is 0 Å². The Morgan fingerprint density at radius 2 is 1.00 bits per heavy atom. The Morgan fingerprint density at radius 1 is 1.00 bits per heavy atom. The SMILES string of the molecule is B.[BiH3].[SiH4].[TeH2]. The van der Waals surface area contributed by atoms with Crippen LogP contribution in [-0.4, -0.2) is 69.2 Å². The molecule has 0 radical (unpaired) electrons. The summed E-state index contributed by atoms with van der Waals surface area (Å²) in [5.41, 5.74) is 0. The molecule has 0 aromatic rings. The third-order valence-corrected chi connectivity index (χ3v) is 0. The molecule has 0 atom stereocenters. The molecule has 0 unspecified atom stereocenters. The van der Waals surface area contributed by atoms with E-state index in [4.69, 9.17) is 0 Å². The van der Waals surface area contributed by atoms with Crippen molar-refractivity contribution in [2.75, 3.05) is 0 Å². The molecule has 0 aromatic heterocycles. The van der Waals surface area contributed by atoms with Gasteiger partial charge in [-0.25, -0.2) is 0 Å². The molecule has 0 N–H and O–H groups in total. The molecule has 0 heterocycles. The Morgan fingerprint density at radius 3 is 1.00 bits per heavy atom. The van der Waals surface area contributed by atoms with Gasteiger partial charge in [0, 0.05) is 0 Å². The zero-order chi connectivity index (χ0) is 0. The predicted octanol–water partition coefficient (Wildman–Crippen LogP) is -4.74. The van der Waals surface area contributed by atoms with Gasteiger partial charge >= 0.3 is 49.9 Å². The van der Waals surface area contributed by atoms with Crippen molar-refractivity contribution in [2.45, 2.75) is 0 Å². The topological polar surface area (TPSA) is 0 Å². The van der Waals surface area contributed by atoms with Crippen LogP contribution in [0.4, 0.5) is 0 Å². The molecule has 0 nitrogen and oxygen atoms in total. The molecule has 4 heteroatoms. The van der Waals surface area contributed by atoms with E-state index in [9.17, 15) is 0 Å². The molecule has 0 aromatic carbocycles. The molecule has 0 rings (SSSR count). The Bertz CT molecular complexity index is 8.00. The Labute approximate surface area is 68.6 Å². The van der Waals surface area contributed by atoms with Crippen molar-refractivity contribution in [2.24, 2.45) is 0 Å². The summed E-state index contributed by atoms with van der Waals surface area (Å²) in [4.78, 5) is 0. The number of hydrogen-bond donors (Lipinski definition) is 0. The Kier molecular flexibility index (Phi) is 194. The van der Waals surface area contributed by atoms with Crippen molar-refractivity contribution in [3.05, 3.63) is 0 Å². The van der Waals surface area contributed by atoms with E-state index in [1.54, 1.807) is 0 Å². The van der Waals surface area contributed by atoms with Crippen molar-refractivity contribution in [3.63, 3.8) is 0 Å². The van der Waals surface area contributed by atoms with E-state index in [1.165, 1.54) is 0 Å². The van der Waals surface area contributed by atoms with Crippen molar-refractivity contribution in [3.8, 4) is 0 Å². The zero-order valence-electron chi connectivity index (χ0n) is 1.21. The molecule has 30 valence electrons. The molecule has 0 aliphatic heterocycles. The number of rotatable bonds is 0. The van der Waals surface area contributed by atoms with Crippen LogP contribution >= 0.6 is 0 Å². The normalized spacial score (nSPS) is 0. The second kappa shape index (κ2) is 20.3. The Hall–Kier alpha value is 1.95. The third kappa shape index (κ3) is 9.04. The maximum absolute atomic E-state index is 0. The van der Waals surface area contributed by atoms with Crippen LogP contribution in [0.5, 0.6) is 0 Å². The van der Waals surface area contributed by atoms with Crippen LogP contribution in [-0.2, 0) is 0 Å². The Balaban J connectivity index is 0. The van der Waals surface area contributed by atoms with Gasteiger partial charge in [-0.1, -0.05) is 0 Å². The summed E-state index contributed by atoms with van der Waals surface area (Å²) in [7, 11) is 0. The van der Waals surface area contributed by atoms with Crippen molar-refractivity contribution >= 4 is 69.2 Å². The first-order valence-corrected chi connectivity index (χ1v) is 0. The zero-order valence-corrected chi connectivity index (χ0v) is 9.56. The average Bonchev–Trinajstić information content (AvgIpc) is 0. The van der Waals surface area contributed by atoms with Gasteiger partial charge in [-0.15, -0.1) is 0 Å². The minimum absolute atomic E-state index is 0. The van der Waals surface area contributed by atoms with Crippen LogP contribution in [0.25, 0.3) is 0 Å². The number of hydrogen-bond acceptors (Lipinski definition) is 0. The second-order valence-corrected chi connectivity index (χ2v) is 0. The molecular formula is H12BBiSiTe. The molecule has 0 aliphatic carbocycles. The van der Waals surface area contributed by atoms with Crippen LogP contribution in [0, 0.1) is 0 Å². The second-order valence-electron chi connectivity index (χ2n) is 0. The molecule has 0 fully saturated rings. The van der Waals surface area contributed by atoms with Crippen LogP contribution in [0.2, 0.25) is 0 Å². The van der Waals surface area contributed by atoms with Gasteiger partial charge in [0.15, 0.2) is 0 Å². The molecule has 0 saturated carbocycles. The molecule has 4 heavy (non-hydrogen) atoms. The van der Waals surface area contributed by atoms with E-state index in [0.717, 1.165) is 0 Å². The maximum atomic E-state index is 0. The van der Waals surface area contributed by atoms with Crippen LogP contribution in [0.1, 0.15) is 0 Å². The summed E-state index contributed by atoms with van der Waals surface area (Å²) in [6, 6.07) is 0. The first-order chi connectivity index (χ1) is 0. The van der Waals surface area contributed by atoms with Gasteiger partial charge in [0.05, 0.1) is 8.41 Å². The summed E-state index contributed by atoms with van der Waals surface area (Å²) in [6.07, 6.45) is 0. The fourth-order valence-electron chi connectivity index (χ4n) is 0. The van der Waals surface area contributed by atoms with Gasteiger partial charge in [-0.05, 0) is 11.0 Å². The fraction of sp³-hybridized carbons (Fsp3) is 0. The molecule has 0 amide bonds. The van der Waals surface area contributed by atoms with E-state index >= 15 is 0 Å². The summed E-state index contributed by atoms with van der Waals surface area (Å²) >= 11 is 0. The first kappa shape index (κ1) is 38.3. The van der Waals surface area contributed by atoms with Crippen LogP contribution in [0.15, 0.2) is 0 Å². The predicted molar refractivity (Wildman–Crippen MR) is 39.8 cm³/mol. The average molecular weight is 388 g/mol. The molecular weight excluding hydrogens is 375 g/mol. The molecule has 0 spiro atoms. The summed E-state index contributed by atoms with van der Waals surface area (Å²) in [5.74, 6) is 0. The monoisotopic (exact) mass is 390 g/mol. The van der Waals surface area contributed by atoms with E-state index in [1.807, 2.05) is 0 Å². The van der Waals surface area contributed by atoms with E-state index in [-0.39, 0.29) is 69.2 Å². The van der Waals surface area contributed by atoms with Crippen molar-refractivity contribution in [1.29, 1.82) is 0 Å². The third-order valence-electron chi connectivity index (χ3n) is 0. The summed E-state index contributed by atoms with van der Waals surface area (Å²) in [6.45, 7) is 0. The van der Waals surface area contributed by atoms with Gasteiger partial charge < -0.3 is 0 Å². The van der Waals surface area contributed by atoms with E-state index < -0.39 is 0 Å². The van der Waals surface area contributed by atoms with Crippen LogP contribution in [0.3, 0.4) is 0 Å². The van der Waals surface area contributed by atoms with Gasteiger partial charge in [-0.3, -0.25) is 0 Å². The molecule has 0 aliphatic rings. The van der Waals surface area contributed by atoms with Gasteiger partial charge in [-0.2, -0.15) is 0 Å². The molecule has 0 bridgehead atoms. The van der Waals surface area contributed by atoms with E-state index in [2.05, 4.69) is 0 Å². The standard InChI is InChI=1S/BH3.Bi.H4Si.H2Te.3H/h1H3;;1H4;1H2;;;. The summed E-state index contributed by atoms with van der Waals surface area (Å²) < 4.78 is 0.